The number of hydrogen-bond acceptors (Lipinski definition) is 3. The summed E-state index contributed by atoms with van der Waals surface area (Å²) in [5.74, 6) is -0.529. The lowest BCUT2D eigenvalue weighted by Gasteiger charge is -2.26. The predicted octanol–water partition coefficient (Wildman–Crippen LogP) is 0.642. The van der Waals surface area contributed by atoms with Gasteiger partial charge in [-0.25, -0.2) is 0 Å². The first kappa shape index (κ1) is 12.7. The summed E-state index contributed by atoms with van der Waals surface area (Å²) < 4.78 is 0.487. The number of nitrogens with zero attached hydrogens (tertiary/aromatic N) is 1. The number of phenolic OH excluding ortho intramolecular Hbond substituents is 1. The van der Waals surface area contributed by atoms with Gasteiger partial charge < -0.3 is 14.7 Å². The summed E-state index contributed by atoms with van der Waals surface area (Å²) in [5.41, 5.74) is 0.170. The lowest BCUT2D eigenvalue weighted by molar-refractivity contribution is -0.872. The summed E-state index contributed by atoms with van der Waals surface area (Å²) in [6.07, 6.45) is -1.09. The number of rotatable bonds is 4. The zero-order chi connectivity index (χ0) is 12.3. The molecule has 0 spiro atoms. The fraction of sp³-hybridized carbons (Fsp3) is 0.417. The van der Waals surface area contributed by atoms with Crippen LogP contribution < -0.4 is 0 Å². The highest BCUT2D eigenvalue weighted by atomic mass is 16.3. The van der Waals surface area contributed by atoms with Gasteiger partial charge in [0.25, 0.3) is 0 Å². The van der Waals surface area contributed by atoms with Crippen molar-refractivity contribution in [3.05, 3.63) is 29.8 Å². The molecule has 1 atom stereocenters. The maximum Gasteiger partial charge on any atom is 0.200 e. The number of likely N-dealkylation sites (N-methyl/N-ethyl adjacent to an activating group) is 1. The quantitative estimate of drug-likeness (QED) is 0.583. The number of aliphatic hydroxyl groups is 1. The van der Waals surface area contributed by atoms with E-state index in [1.807, 2.05) is 21.1 Å². The number of aliphatic hydroxyl groups excluding tert-OH is 1. The molecule has 0 aromatic heterocycles. The molecule has 0 bridgehead atoms. The Labute approximate surface area is 95.3 Å². The van der Waals surface area contributed by atoms with Crippen molar-refractivity contribution >= 4 is 5.78 Å². The first-order valence-corrected chi connectivity index (χ1v) is 5.12. The Balaban J connectivity index is 2.83. The molecule has 1 aromatic rings. The third-order valence-corrected chi connectivity index (χ3v) is 2.19. The van der Waals surface area contributed by atoms with Crippen LogP contribution in [-0.4, -0.2) is 54.3 Å². The predicted molar refractivity (Wildman–Crippen MR) is 61.3 cm³/mol. The standard InChI is InChI=1S/C12H17NO3/c1-13(2,3)8-11(15)12(16)9-6-4-5-7-10(9)14/h4-7,11,15H,8H2,1-3H3/p+1. The van der Waals surface area contributed by atoms with Crippen LogP contribution in [0.25, 0.3) is 0 Å². The van der Waals surface area contributed by atoms with Crippen molar-refractivity contribution in [3.63, 3.8) is 0 Å². The van der Waals surface area contributed by atoms with E-state index in [9.17, 15) is 15.0 Å². The molecule has 0 saturated carbocycles. The van der Waals surface area contributed by atoms with Gasteiger partial charge in [-0.15, -0.1) is 0 Å². The largest absolute Gasteiger partial charge is 0.507 e. The molecule has 2 N–H and O–H groups in total. The molecule has 0 radical (unpaired) electrons. The lowest BCUT2D eigenvalue weighted by atomic mass is 10.0. The van der Waals surface area contributed by atoms with Gasteiger partial charge in [-0.1, -0.05) is 12.1 Å². The van der Waals surface area contributed by atoms with Crippen LogP contribution in [0.4, 0.5) is 0 Å². The number of quaternary nitrogens is 1. The van der Waals surface area contributed by atoms with Gasteiger partial charge in [0, 0.05) is 0 Å². The summed E-state index contributed by atoms with van der Waals surface area (Å²) in [6.45, 7) is 0.313. The first-order chi connectivity index (χ1) is 7.31. The molecular formula is C12H18NO3+. The number of Topliss-reactive ketones (excluding diaryl/α,β-unsaturated/α-hetero) is 1. The van der Waals surface area contributed by atoms with E-state index >= 15 is 0 Å². The molecule has 4 nitrogen and oxygen atoms in total. The molecule has 0 aliphatic heterocycles. The minimum atomic E-state index is -1.09. The second kappa shape index (κ2) is 4.63. The topological polar surface area (TPSA) is 57.5 Å². The Morgan fingerprint density at radius 2 is 1.88 bits per heavy atom. The number of benzene rings is 1. The van der Waals surface area contributed by atoms with Crippen LogP contribution in [0, 0.1) is 0 Å². The summed E-state index contributed by atoms with van der Waals surface area (Å²) >= 11 is 0. The smallest absolute Gasteiger partial charge is 0.200 e. The first-order valence-electron chi connectivity index (χ1n) is 5.12. The van der Waals surface area contributed by atoms with Crippen molar-refractivity contribution in [2.24, 2.45) is 0 Å². The van der Waals surface area contributed by atoms with E-state index in [1.165, 1.54) is 12.1 Å². The minimum Gasteiger partial charge on any atom is -0.507 e. The monoisotopic (exact) mass is 224 g/mol. The Morgan fingerprint density at radius 1 is 1.31 bits per heavy atom. The molecule has 16 heavy (non-hydrogen) atoms. The summed E-state index contributed by atoms with van der Waals surface area (Å²) in [5, 5.41) is 19.2. The van der Waals surface area contributed by atoms with Crippen molar-refractivity contribution in [2.45, 2.75) is 6.10 Å². The van der Waals surface area contributed by atoms with Crippen molar-refractivity contribution in [1.82, 2.24) is 0 Å². The highest BCUT2D eigenvalue weighted by molar-refractivity contribution is 6.01. The van der Waals surface area contributed by atoms with Crippen LogP contribution in [0.3, 0.4) is 0 Å². The highest BCUT2D eigenvalue weighted by Gasteiger charge is 2.25. The lowest BCUT2D eigenvalue weighted by Crippen LogP contribution is -2.44. The van der Waals surface area contributed by atoms with Gasteiger partial charge in [-0.3, -0.25) is 4.79 Å². The molecule has 0 saturated heterocycles. The van der Waals surface area contributed by atoms with Gasteiger partial charge in [0.1, 0.15) is 12.3 Å². The molecule has 1 unspecified atom stereocenters. The van der Waals surface area contributed by atoms with Crippen LogP contribution in [0.15, 0.2) is 24.3 Å². The van der Waals surface area contributed by atoms with Gasteiger partial charge in [0.2, 0.25) is 5.78 Å². The average molecular weight is 224 g/mol. The normalized spacial score (nSPS) is 13.5. The van der Waals surface area contributed by atoms with Crippen molar-refractivity contribution in [3.8, 4) is 5.75 Å². The SMILES string of the molecule is C[N+](C)(C)CC(O)C(=O)c1ccccc1O. The molecule has 0 aliphatic carbocycles. The Bertz CT molecular complexity index is 382. The Morgan fingerprint density at radius 3 is 2.38 bits per heavy atom. The number of aromatic hydroxyl groups is 1. The van der Waals surface area contributed by atoms with Crippen LogP contribution in [0.1, 0.15) is 10.4 Å². The Kier molecular flexibility index (Phi) is 3.67. The summed E-state index contributed by atoms with van der Waals surface area (Å²) in [4.78, 5) is 11.8. The third kappa shape index (κ3) is 3.32. The molecule has 0 fully saturated rings. The van der Waals surface area contributed by atoms with Crippen molar-refractivity contribution in [2.75, 3.05) is 27.7 Å². The molecule has 0 amide bonds. The fourth-order valence-corrected chi connectivity index (χ4v) is 1.46. The van der Waals surface area contributed by atoms with E-state index in [-0.39, 0.29) is 11.3 Å². The van der Waals surface area contributed by atoms with Crippen LogP contribution in [0.2, 0.25) is 0 Å². The minimum absolute atomic E-state index is 0.0899. The number of phenols is 1. The van der Waals surface area contributed by atoms with E-state index in [4.69, 9.17) is 0 Å². The number of hydrogen-bond donors (Lipinski definition) is 2. The second-order valence-electron chi connectivity index (χ2n) is 4.87. The zero-order valence-corrected chi connectivity index (χ0v) is 9.84. The van der Waals surface area contributed by atoms with Crippen molar-refractivity contribution in [1.29, 1.82) is 0 Å². The molecule has 0 aliphatic rings. The second-order valence-corrected chi connectivity index (χ2v) is 4.87. The van der Waals surface area contributed by atoms with Crippen molar-refractivity contribution < 1.29 is 19.5 Å². The van der Waals surface area contributed by atoms with Crippen LogP contribution in [-0.2, 0) is 0 Å². The summed E-state index contributed by atoms with van der Waals surface area (Å²) in [7, 11) is 5.67. The van der Waals surface area contributed by atoms with E-state index in [2.05, 4.69) is 0 Å². The van der Waals surface area contributed by atoms with E-state index in [0.717, 1.165) is 0 Å². The van der Waals surface area contributed by atoms with Crippen LogP contribution >= 0.6 is 0 Å². The molecule has 0 heterocycles. The highest BCUT2D eigenvalue weighted by Crippen LogP contribution is 2.18. The summed E-state index contributed by atoms with van der Waals surface area (Å²) in [6, 6.07) is 6.24. The van der Waals surface area contributed by atoms with Gasteiger partial charge >= 0.3 is 0 Å². The number of carbonyl (C=O) groups excluding carboxylic acids is 1. The number of para-hydroxylation sites is 1. The Hall–Kier alpha value is -1.39. The van der Waals surface area contributed by atoms with Gasteiger partial charge in [-0.2, -0.15) is 0 Å². The number of carbonyl (C=O) groups is 1. The van der Waals surface area contributed by atoms with Gasteiger partial charge in [0.15, 0.2) is 6.10 Å². The van der Waals surface area contributed by atoms with Gasteiger partial charge in [0.05, 0.1) is 26.7 Å². The molecule has 1 aromatic carbocycles. The number of ketones is 1. The van der Waals surface area contributed by atoms with E-state index in [1.54, 1.807) is 12.1 Å². The van der Waals surface area contributed by atoms with E-state index in [0.29, 0.717) is 11.0 Å². The van der Waals surface area contributed by atoms with E-state index < -0.39 is 11.9 Å². The zero-order valence-electron chi connectivity index (χ0n) is 9.84. The maximum absolute atomic E-state index is 11.8. The average Bonchev–Trinajstić information content (AvgIpc) is 2.15. The van der Waals surface area contributed by atoms with Gasteiger partial charge in [-0.05, 0) is 12.1 Å². The molecule has 4 heteroatoms. The molecular weight excluding hydrogens is 206 g/mol. The third-order valence-electron chi connectivity index (χ3n) is 2.19. The molecule has 88 valence electrons. The fourth-order valence-electron chi connectivity index (χ4n) is 1.46. The van der Waals surface area contributed by atoms with Crippen LogP contribution in [0.5, 0.6) is 5.75 Å². The molecule has 1 rings (SSSR count). The maximum atomic E-state index is 11.8.